The summed E-state index contributed by atoms with van der Waals surface area (Å²) >= 11 is 12.4. The Morgan fingerprint density at radius 3 is 2.35 bits per heavy atom. The average molecular weight is 382 g/mol. The van der Waals surface area contributed by atoms with Crippen LogP contribution >= 0.6 is 23.2 Å². The van der Waals surface area contributed by atoms with E-state index in [1.54, 1.807) is 32.0 Å². The molecule has 1 aromatic carbocycles. The van der Waals surface area contributed by atoms with Gasteiger partial charge in [0.25, 0.3) is 10.1 Å². The molecular weight excluding hydrogens is 365 g/mol. The summed E-state index contributed by atoms with van der Waals surface area (Å²) in [5.41, 5.74) is 1.79. The highest BCUT2D eigenvalue weighted by Crippen LogP contribution is 2.39. The van der Waals surface area contributed by atoms with Gasteiger partial charge in [-0.05, 0) is 18.1 Å². The molecule has 0 spiro atoms. The van der Waals surface area contributed by atoms with Gasteiger partial charge in [0.2, 0.25) is 0 Å². The normalized spacial score (nSPS) is 21.5. The first-order valence-corrected chi connectivity index (χ1v) is 9.13. The van der Waals surface area contributed by atoms with Crippen molar-refractivity contribution in [1.82, 2.24) is 5.53 Å². The van der Waals surface area contributed by atoms with Crippen LogP contribution in [0.1, 0.15) is 13.8 Å². The van der Waals surface area contributed by atoms with Gasteiger partial charge >= 0.3 is 0 Å². The SMILES string of the molecule is CC(C)C1=NNN(c2c(Cl)cccc2Cl)[C@]1(CO)CS(=O)(=O)O. The van der Waals surface area contributed by atoms with Crippen molar-refractivity contribution in [3.63, 3.8) is 0 Å². The number of halogens is 2. The molecule has 128 valence electrons. The van der Waals surface area contributed by atoms with E-state index in [1.807, 2.05) is 0 Å². The van der Waals surface area contributed by atoms with Gasteiger partial charge in [0, 0.05) is 0 Å². The third-order valence-corrected chi connectivity index (χ3v) is 5.02. The molecule has 0 aromatic heterocycles. The average Bonchev–Trinajstić information content (AvgIpc) is 2.76. The molecule has 0 aliphatic carbocycles. The highest BCUT2D eigenvalue weighted by Gasteiger charge is 2.51. The van der Waals surface area contributed by atoms with Gasteiger partial charge in [-0.2, -0.15) is 13.5 Å². The smallest absolute Gasteiger partial charge is 0.267 e. The molecule has 0 unspecified atom stereocenters. The van der Waals surface area contributed by atoms with Gasteiger partial charge in [-0.25, -0.2) is 5.53 Å². The topological polar surface area (TPSA) is 102 Å². The molecule has 0 radical (unpaired) electrons. The summed E-state index contributed by atoms with van der Waals surface area (Å²) in [6.07, 6.45) is 0. The summed E-state index contributed by atoms with van der Waals surface area (Å²) in [7, 11) is -4.42. The maximum Gasteiger partial charge on any atom is 0.267 e. The molecule has 23 heavy (non-hydrogen) atoms. The fourth-order valence-electron chi connectivity index (χ4n) is 2.69. The highest BCUT2D eigenvalue weighted by molar-refractivity contribution is 7.85. The minimum Gasteiger partial charge on any atom is -0.393 e. The zero-order chi connectivity index (χ0) is 17.4. The van der Waals surface area contributed by atoms with Crippen LogP contribution in [0, 0.1) is 5.92 Å². The number of hydrazine groups is 1. The molecular formula is C13H17Cl2N3O4S. The number of para-hydroxylation sites is 1. The van der Waals surface area contributed by atoms with Crippen LogP contribution in [-0.4, -0.2) is 41.7 Å². The molecule has 1 aromatic rings. The number of nitrogens with one attached hydrogen (secondary N) is 1. The van der Waals surface area contributed by atoms with E-state index in [9.17, 15) is 18.1 Å². The van der Waals surface area contributed by atoms with Crippen molar-refractivity contribution in [3.05, 3.63) is 28.2 Å². The Balaban J connectivity index is 2.64. The van der Waals surface area contributed by atoms with Crippen LogP contribution in [0.4, 0.5) is 5.69 Å². The van der Waals surface area contributed by atoms with Crippen LogP contribution in [0.2, 0.25) is 10.0 Å². The van der Waals surface area contributed by atoms with Gasteiger partial charge < -0.3 is 5.11 Å². The second-order valence-corrected chi connectivity index (χ2v) is 7.84. The molecule has 7 nitrogen and oxygen atoms in total. The van der Waals surface area contributed by atoms with Crippen LogP contribution in [0.15, 0.2) is 23.3 Å². The van der Waals surface area contributed by atoms with E-state index >= 15 is 0 Å². The van der Waals surface area contributed by atoms with Gasteiger partial charge in [0.1, 0.15) is 11.3 Å². The zero-order valence-corrected chi connectivity index (χ0v) is 14.8. The van der Waals surface area contributed by atoms with Crippen LogP contribution in [0.5, 0.6) is 0 Å². The number of hydrogen-bond acceptors (Lipinski definition) is 6. The van der Waals surface area contributed by atoms with Crippen molar-refractivity contribution in [1.29, 1.82) is 0 Å². The van der Waals surface area contributed by atoms with Gasteiger partial charge in [0.05, 0.1) is 28.1 Å². The van der Waals surface area contributed by atoms with Gasteiger partial charge in [-0.3, -0.25) is 9.56 Å². The molecule has 0 saturated heterocycles. The Kier molecular flexibility index (Phi) is 5.12. The Hall–Kier alpha value is -1.06. The standard InChI is InChI=1S/C13H17Cl2N3O4S/c1-8(2)12-13(6-19,7-23(20,21)22)18(17-16-12)11-9(14)4-3-5-10(11)15/h3-5,8,17,19H,6-7H2,1-2H3,(H,20,21,22)/t13-/m1/s1. The van der Waals surface area contributed by atoms with Gasteiger partial charge in [0.15, 0.2) is 0 Å². The molecule has 1 heterocycles. The van der Waals surface area contributed by atoms with Crippen molar-refractivity contribution in [2.75, 3.05) is 17.4 Å². The van der Waals surface area contributed by atoms with E-state index in [0.717, 1.165) is 0 Å². The summed E-state index contributed by atoms with van der Waals surface area (Å²) in [5, 5.41) is 15.9. The second kappa shape index (κ2) is 6.45. The van der Waals surface area contributed by atoms with Gasteiger partial charge in [-0.15, -0.1) is 0 Å². The van der Waals surface area contributed by atoms with Crippen LogP contribution in [0.25, 0.3) is 0 Å². The van der Waals surface area contributed by atoms with E-state index in [1.165, 1.54) is 5.01 Å². The Labute approximate surface area is 144 Å². The van der Waals surface area contributed by atoms with Crippen molar-refractivity contribution < 1.29 is 18.1 Å². The lowest BCUT2D eigenvalue weighted by Gasteiger charge is -2.38. The van der Waals surface area contributed by atoms with E-state index in [2.05, 4.69) is 10.6 Å². The number of aliphatic hydroxyl groups excluding tert-OH is 1. The summed E-state index contributed by atoms with van der Waals surface area (Å²) < 4.78 is 32.4. The molecule has 1 aliphatic rings. The maximum absolute atomic E-state index is 11.5. The first kappa shape index (κ1) is 18.3. The molecule has 0 amide bonds. The molecule has 0 saturated carbocycles. The van der Waals surface area contributed by atoms with E-state index in [0.29, 0.717) is 5.71 Å². The van der Waals surface area contributed by atoms with Crippen LogP contribution < -0.4 is 10.5 Å². The zero-order valence-electron chi connectivity index (χ0n) is 12.5. The van der Waals surface area contributed by atoms with Crippen molar-refractivity contribution in [2.24, 2.45) is 11.0 Å². The fourth-order valence-corrected chi connectivity index (χ4v) is 4.23. The molecule has 10 heteroatoms. The van der Waals surface area contributed by atoms with Crippen molar-refractivity contribution in [3.8, 4) is 0 Å². The lowest BCUT2D eigenvalue weighted by molar-refractivity contribution is 0.236. The van der Waals surface area contributed by atoms with Crippen LogP contribution in [-0.2, 0) is 10.1 Å². The van der Waals surface area contributed by atoms with Gasteiger partial charge in [-0.1, -0.05) is 43.1 Å². The lowest BCUT2D eigenvalue weighted by atomic mass is 9.88. The molecule has 3 N–H and O–H groups in total. The fraction of sp³-hybridized carbons (Fsp3) is 0.462. The first-order valence-electron chi connectivity index (χ1n) is 6.76. The van der Waals surface area contributed by atoms with Crippen molar-refractivity contribution in [2.45, 2.75) is 19.4 Å². The van der Waals surface area contributed by atoms with E-state index < -0.39 is 28.0 Å². The largest absolute Gasteiger partial charge is 0.393 e. The predicted octanol–water partition coefficient (Wildman–Crippen LogP) is 1.95. The summed E-state index contributed by atoms with van der Waals surface area (Å²) in [5.74, 6) is -0.954. The monoisotopic (exact) mass is 381 g/mol. The Morgan fingerprint density at radius 1 is 1.35 bits per heavy atom. The maximum atomic E-state index is 11.5. The molecule has 0 bridgehead atoms. The molecule has 1 atom stereocenters. The number of hydrogen-bond donors (Lipinski definition) is 3. The number of benzene rings is 1. The first-order chi connectivity index (χ1) is 10.6. The number of rotatable bonds is 5. The lowest BCUT2D eigenvalue weighted by Crippen LogP contribution is -2.61. The number of hydrazone groups is 1. The molecule has 1 aliphatic heterocycles. The quantitative estimate of drug-likeness (QED) is 0.673. The highest BCUT2D eigenvalue weighted by atomic mass is 35.5. The predicted molar refractivity (Wildman–Crippen MR) is 90.6 cm³/mol. The number of anilines is 1. The second-order valence-electron chi connectivity index (χ2n) is 5.57. The van der Waals surface area contributed by atoms with E-state index in [-0.39, 0.29) is 21.7 Å². The molecule has 2 rings (SSSR count). The number of aliphatic hydroxyl groups is 1. The summed E-state index contributed by atoms with van der Waals surface area (Å²) in [6.45, 7) is 2.98. The Bertz CT molecular complexity index is 718. The third-order valence-electron chi connectivity index (χ3n) is 3.57. The summed E-state index contributed by atoms with van der Waals surface area (Å²) in [6, 6.07) is 4.79. The number of nitrogens with zero attached hydrogens (tertiary/aromatic N) is 2. The minimum absolute atomic E-state index is 0.192. The minimum atomic E-state index is -4.42. The third kappa shape index (κ3) is 3.41. The van der Waals surface area contributed by atoms with E-state index in [4.69, 9.17) is 23.2 Å². The van der Waals surface area contributed by atoms with Crippen molar-refractivity contribution >= 4 is 44.7 Å². The Morgan fingerprint density at radius 2 is 1.91 bits per heavy atom. The van der Waals surface area contributed by atoms with Crippen LogP contribution in [0.3, 0.4) is 0 Å². The summed E-state index contributed by atoms with van der Waals surface area (Å²) in [4.78, 5) is 0. The molecule has 0 fully saturated rings.